The number of hydrogen-bond acceptors (Lipinski definition) is 4. The van der Waals surface area contributed by atoms with E-state index in [1.54, 1.807) is 36.8 Å². The molecule has 2 rings (SSSR count). The Balaban J connectivity index is 2.04. The molecule has 4 heteroatoms. The van der Waals surface area contributed by atoms with Crippen LogP contribution in [0.1, 0.15) is 11.1 Å². The summed E-state index contributed by atoms with van der Waals surface area (Å²) in [5, 5.41) is 16.8. The molecule has 0 unspecified atom stereocenters. The fourth-order valence-corrected chi connectivity index (χ4v) is 1.69. The van der Waals surface area contributed by atoms with E-state index in [-0.39, 0.29) is 0 Å². The van der Waals surface area contributed by atoms with E-state index >= 15 is 0 Å². The van der Waals surface area contributed by atoms with Crippen LogP contribution in [-0.2, 0) is 6.42 Å². The van der Waals surface area contributed by atoms with Crippen LogP contribution in [0.5, 0.6) is 11.5 Å². The quantitative estimate of drug-likeness (QED) is 0.782. The summed E-state index contributed by atoms with van der Waals surface area (Å²) in [6.07, 6.45) is 4.03. The molecule has 0 radical (unpaired) electrons. The van der Waals surface area contributed by atoms with Crippen LogP contribution in [0.15, 0.2) is 48.5 Å². The van der Waals surface area contributed by atoms with Gasteiger partial charge in [-0.05, 0) is 41.8 Å². The Hall–Kier alpha value is -2.98. The molecule has 0 aliphatic carbocycles. The second-order valence-electron chi connectivity index (χ2n) is 3.85. The monoisotopic (exact) mass is 250 g/mol. The van der Waals surface area contributed by atoms with Gasteiger partial charge in [0.25, 0.3) is 12.5 Å². The molecule has 0 bridgehead atoms. The van der Waals surface area contributed by atoms with Gasteiger partial charge in [-0.25, -0.2) is 0 Å². The van der Waals surface area contributed by atoms with E-state index in [4.69, 9.17) is 20.0 Å². The molecule has 92 valence electrons. The lowest BCUT2D eigenvalue weighted by Crippen LogP contribution is -1.89. The Morgan fingerprint density at radius 2 is 1.05 bits per heavy atom. The summed E-state index contributed by atoms with van der Waals surface area (Å²) in [7, 11) is 0. The fraction of sp³-hybridized carbons (Fsp3) is 0.0667. The molecule has 0 saturated carbocycles. The number of nitrogens with zero attached hydrogens (tertiary/aromatic N) is 2. The van der Waals surface area contributed by atoms with Gasteiger partial charge in [0.2, 0.25) is 0 Å². The molecule has 4 nitrogen and oxygen atoms in total. The summed E-state index contributed by atoms with van der Waals surface area (Å²) in [4.78, 5) is 0. The van der Waals surface area contributed by atoms with Crippen LogP contribution in [0.25, 0.3) is 0 Å². The van der Waals surface area contributed by atoms with Crippen molar-refractivity contribution >= 4 is 0 Å². The standard InChI is InChI=1S/C15H10N2O2/c16-10-18-14-5-1-12(2-6-14)9-13-3-7-15(8-4-13)19-11-17/h1-8H,9H2. The Morgan fingerprint density at radius 3 is 1.37 bits per heavy atom. The largest absolute Gasteiger partial charge is 0.388 e. The average molecular weight is 250 g/mol. The zero-order valence-electron chi connectivity index (χ0n) is 10.0. The normalized spacial score (nSPS) is 9.16. The number of hydrogen-bond donors (Lipinski definition) is 0. The van der Waals surface area contributed by atoms with Gasteiger partial charge in [0.1, 0.15) is 11.5 Å². The molecule has 0 aromatic heterocycles. The second kappa shape index (κ2) is 6.09. The highest BCUT2D eigenvalue weighted by Crippen LogP contribution is 2.17. The first kappa shape index (κ1) is 12.5. The van der Waals surface area contributed by atoms with Crippen LogP contribution < -0.4 is 9.47 Å². The first-order valence-electron chi connectivity index (χ1n) is 5.61. The van der Waals surface area contributed by atoms with E-state index in [1.165, 1.54) is 0 Å². The lowest BCUT2D eigenvalue weighted by molar-refractivity contribution is 0.507. The van der Waals surface area contributed by atoms with Crippen molar-refractivity contribution in [1.29, 1.82) is 10.5 Å². The molecule has 0 amide bonds. The van der Waals surface area contributed by atoms with Crippen molar-refractivity contribution in [3.8, 4) is 24.0 Å². The van der Waals surface area contributed by atoms with Gasteiger partial charge in [-0.2, -0.15) is 0 Å². The van der Waals surface area contributed by atoms with Gasteiger partial charge in [0.05, 0.1) is 0 Å². The highest BCUT2D eigenvalue weighted by molar-refractivity contribution is 5.34. The van der Waals surface area contributed by atoms with E-state index in [9.17, 15) is 0 Å². The van der Waals surface area contributed by atoms with Gasteiger partial charge in [-0.15, -0.1) is 10.5 Å². The average Bonchev–Trinajstić information content (AvgIpc) is 2.44. The second-order valence-corrected chi connectivity index (χ2v) is 3.85. The molecule has 0 heterocycles. The smallest absolute Gasteiger partial charge is 0.292 e. The van der Waals surface area contributed by atoms with E-state index in [0.717, 1.165) is 17.5 Å². The molecule has 2 aromatic carbocycles. The van der Waals surface area contributed by atoms with Crippen LogP contribution in [-0.4, -0.2) is 0 Å². The molecule has 0 aliphatic heterocycles. The van der Waals surface area contributed by atoms with Crippen molar-refractivity contribution in [1.82, 2.24) is 0 Å². The van der Waals surface area contributed by atoms with E-state index < -0.39 is 0 Å². The molecule has 0 atom stereocenters. The highest BCUT2D eigenvalue weighted by atomic mass is 16.5. The SMILES string of the molecule is N#COc1ccc(Cc2ccc(OC#N)cc2)cc1. The van der Waals surface area contributed by atoms with Gasteiger partial charge in [0.15, 0.2) is 0 Å². The minimum atomic E-state index is 0.531. The number of ether oxygens (including phenoxy) is 2. The first-order valence-corrected chi connectivity index (χ1v) is 5.61. The number of nitriles is 2. The molecule has 0 saturated heterocycles. The third kappa shape index (κ3) is 3.49. The van der Waals surface area contributed by atoms with Gasteiger partial charge in [-0.3, -0.25) is 0 Å². The predicted molar refractivity (Wildman–Crippen MR) is 68.2 cm³/mol. The maximum atomic E-state index is 8.39. The molecule has 2 aromatic rings. The third-order valence-corrected chi connectivity index (χ3v) is 2.58. The van der Waals surface area contributed by atoms with Gasteiger partial charge >= 0.3 is 0 Å². The van der Waals surface area contributed by atoms with Gasteiger partial charge < -0.3 is 9.47 Å². The Bertz CT molecular complexity index is 562. The van der Waals surface area contributed by atoms with Crippen molar-refractivity contribution < 1.29 is 9.47 Å². The van der Waals surface area contributed by atoms with E-state index in [2.05, 4.69) is 0 Å². The van der Waals surface area contributed by atoms with Gasteiger partial charge in [-0.1, -0.05) is 24.3 Å². The fourth-order valence-electron chi connectivity index (χ4n) is 1.69. The number of rotatable bonds is 4. The zero-order valence-corrected chi connectivity index (χ0v) is 10.0. The van der Waals surface area contributed by atoms with Crippen LogP contribution >= 0.6 is 0 Å². The summed E-state index contributed by atoms with van der Waals surface area (Å²) >= 11 is 0. The minimum absolute atomic E-state index is 0.531. The van der Waals surface area contributed by atoms with Crippen molar-refractivity contribution in [2.24, 2.45) is 0 Å². The lowest BCUT2D eigenvalue weighted by atomic mass is 10.0. The predicted octanol–water partition coefficient (Wildman–Crippen LogP) is 3.00. The van der Waals surface area contributed by atoms with Gasteiger partial charge in [0, 0.05) is 0 Å². The minimum Gasteiger partial charge on any atom is -0.388 e. The Kier molecular flexibility index (Phi) is 4.00. The lowest BCUT2D eigenvalue weighted by Gasteiger charge is -2.03. The van der Waals surface area contributed by atoms with Crippen molar-refractivity contribution in [3.63, 3.8) is 0 Å². The maximum Gasteiger partial charge on any atom is 0.292 e. The van der Waals surface area contributed by atoms with Crippen molar-refractivity contribution in [2.45, 2.75) is 6.42 Å². The molecular weight excluding hydrogens is 240 g/mol. The van der Waals surface area contributed by atoms with Crippen molar-refractivity contribution in [3.05, 3.63) is 59.7 Å². The molecule has 0 spiro atoms. The van der Waals surface area contributed by atoms with Crippen molar-refractivity contribution in [2.75, 3.05) is 0 Å². The first-order chi connectivity index (χ1) is 9.31. The highest BCUT2D eigenvalue weighted by Gasteiger charge is 1.99. The topological polar surface area (TPSA) is 66.0 Å². The Morgan fingerprint density at radius 1 is 0.684 bits per heavy atom. The molecule has 0 fully saturated rings. The molecular formula is C15H10N2O2. The van der Waals surface area contributed by atoms with E-state index in [0.29, 0.717) is 11.5 Å². The van der Waals surface area contributed by atoms with Crippen LogP contribution in [0.3, 0.4) is 0 Å². The zero-order chi connectivity index (χ0) is 13.5. The van der Waals surface area contributed by atoms with Crippen LogP contribution in [0.2, 0.25) is 0 Å². The number of benzene rings is 2. The molecule has 0 N–H and O–H groups in total. The Labute approximate surface area is 111 Å². The molecule has 19 heavy (non-hydrogen) atoms. The summed E-state index contributed by atoms with van der Waals surface area (Å²) in [5.41, 5.74) is 2.22. The summed E-state index contributed by atoms with van der Waals surface area (Å²) < 4.78 is 9.42. The molecule has 0 aliphatic rings. The van der Waals surface area contributed by atoms with E-state index in [1.807, 2.05) is 24.3 Å². The summed E-state index contributed by atoms with van der Waals surface area (Å²) in [5.74, 6) is 1.06. The summed E-state index contributed by atoms with van der Waals surface area (Å²) in [6, 6.07) is 14.7. The maximum absolute atomic E-state index is 8.39. The summed E-state index contributed by atoms with van der Waals surface area (Å²) in [6.45, 7) is 0. The van der Waals surface area contributed by atoms with Crippen LogP contribution in [0, 0.1) is 23.0 Å². The van der Waals surface area contributed by atoms with Crippen LogP contribution in [0.4, 0.5) is 0 Å². The third-order valence-electron chi connectivity index (χ3n) is 2.58.